The van der Waals surface area contributed by atoms with Gasteiger partial charge >= 0.3 is 0 Å². The molecular weight excluding hydrogens is 310 g/mol. The molecule has 0 radical (unpaired) electrons. The topological polar surface area (TPSA) is 35.5 Å². The number of aliphatic hydroxyl groups is 1. The summed E-state index contributed by atoms with van der Waals surface area (Å²) in [7, 11) is 0. The first-order valence-corrected chi connectivity index (χ1v) is 7.63. The van der Waals surface area contributed by atoms with Gasteiger partial charge in [-0.05, 0) is 42.3 Å². The first-order chi connectivity index (χ1) is 11.5. The van der Waals surface area contributed by atoms with Crippen molar-refractivity contribution < 1.29 is 13.9 Å². The molecule has 2 aromatic carbocycles. The molecule has 0 aliphatic heterocycles. The van der Waals surface area contributed by atoms with Gasteiger partial charge in [0, 0.05) is 31.3 Å². The number of rotatable bonds is 7. The maximum absolute atomic E-state index is 13.4. The highest BCUT2D eigenvalue weighted by molar-refractivity contribution is 5.35. The van der Waals surface area contributed by atoms with Crippen LogP contribution in [0.3, 0.4) is 0 Å². The molecule has 0 heterocycles. The van der Waals surface area contributed by atoms with Crippen LogP contribution in [0.2, 0.25) is 0 Å². The van der Waals surface area contributed by atoms with E-state index in [0.29, 0.717) is 18.7 Å². The summed E-state index contributed by atoms with van der Waals surface area (Å²) >= 11 is 0. The van der Waals surface area contributed by atoms with Gasteiger partial charge in [-0.2, -0.15) is 0 Å². The van der Waals surface area contributed by atoms with Crippen molar-refractivity contribution in [3.8, 4) is 12.3 Å². The van der Waals surface area contributed by atoms with Crippen molar-refractivity contribution in [2.45, 2.75) is 26.1 Å². The highest BCUT2D eigenvalue weighted by atomic mass is 19.1. The third-order valence-electron chi connectivity index (χ3n) is 3.37. The molecule has 0 saturated heterocycles. The third kappa shape index (κ3) is 5.74. The van der Waals surface area contributed by atoms with E-state index in [0.717, 1.165) is 17.2 Å². The lowest BCUT2D eigenvalue weighted by Crippen LogP contribution is -2.40. The number of benzene rings is 2. The number of terminal acetylenes is 1. The van der Waals surface area contributed by atoms with Crippen molar-refractivity contribution in [1.82, 2.24) is 10.4 Å². The van der Waals surface area contributed by atoms with Gasteiger partial charge in [-0.3, -0.25) is 5.43 Å². The Hall–Kier alpha value is -2.26. The molecule has 0 saturated carbocycles. The molecule has 3 nitrogen and oxygen atoms in total. The Morgan fingerprint density at radius 1 is 1.12 bits per heavy atom. The Morgan fingerprint density at radius 2 is 1.79 bits per heavy atom. The Morgan fingerprint density at radius 3 is 2.42 bits per heavy atom. The van der Waals surface area contributed by atoms with Crippen LogP contribution in [0.15, 0.2) is 42.5 Å². The lowest BCUT2D eigenvalue weighted by atomic mass is 10.1. The van der Waals surface area contributed by atoms with Crippen LogP contribution < -0.4 is 5.43 Å². The molecule has 0 spiro atoms. The second kappa shape index (κ2) is 8.55. The van der Waals surface area contributed by atoms with Crippen molar-refractivity contribution in [2.24, 2.45) is 0 Å². The van der Waals surface area contributed by atoms with E-state index >= 15 is 0 Å². The summed E-state index contributed by atoms with van der Waals surface area (Å²) in [5.74, 6) is 1.35. The van der Waals surface area contributed by atoms with Crippen LogP contribution in [0.4, 0.5) is 8.78 Å². The minimum absolute atomic E-state index is 0.279. The molecule has 2 N–H and O–H groups in total. The fourth-order valence-corrected chi connectivity index (χ4v) is 2.33. The molecular formula is C19H20F2N2O. The van der Waals surface area contributed by atoms with Gasteiger partial charge < -0.3 is 5.11 Å². The van der Waals surface area contributed by atoms with Crippen LogP contribution >= 0.6 is 0 Å². The number of halogens is 2. The lowest BCUT2D eigenvalue weighted by Gasteiger charge is -2.24. The molecule has 5 heteroatoms. The number of nitrogens with zero attached hydrogens (tertiary/aromatic N) is 1. The summed E-state index contributed by atoms with van der Waals surface area (Å²) in [4.78, 5) is 0. The monoisotopic (exact) mass is 330 g/mol. The largest absolute Gasteiger partial charge is 0.392 e. The van der Waals surface area contributed by atoms with Gasteiger partial charge in [0.1, 0.15) is 11.6 Å². The van der Waals surface area contributed by atoms with Crippen molar-refractivity contribution in [1.29, 1.82) is 0 Å². The van der Waals surface area contributed by atoms with Crippen LogP contribution in [0.5, 0.6) is 0 Å². The van der Waals surface area contributed by atoms with E-state index in [-0.39, 0.29) is 6.54 Å². The third-order valence-corrected chi connectivity index (χ3v) is 3.37. The first kappa shape index (κ1) is 18.1. The average Bonchev–Trinajstić information content (AvgIpc) is 2.52. The fourth-order valence-electron chi connectivity index (χ4n) is 2.33. The minimum atomic E-state index is -0.616. The summed E-state index contributed by atoms with van der Waals surface area (Å²) in [5.41, 5.74) is 5.30. The minimum Gasteiger partial charge on any atom is -0.392 e. The number of hydrogen-bond acceptors (Lipinski definition) is 3. The van der Waals surface area contributed by atoms with Crippen molar-refractivity contribution >= 4 is 0 Å². The molecule has 0 fully saturated rings. The summed E-state index contributed by atoms with van der Waals surface area (Å²) in [6, 6.07) is 10.9. The summed E-state index contributed by atoms with van der Waals surface area (Å²) in [6.45, 7) is 2.74. The summed E-state index contributed by atoms with van der Waals surface area (Å²) in [6.07, 6.45) is 4.86. The molecule has 0 amide bonds. The quantitative estimate of drug-likeness (QED) is 0.605. The second-order valence-corrected chi connectivity index (χ2v) is 5.69. The van der Waals surface area contributed by atoms with Crippen molar-refractivity contribution in [2.75, 3.05) is 6.54 Å². The summed E-state index contributed by atoms with van der Waals surface area (Å²) < 4.78 is 26.8. The van der Waals surface area contributed by atoms with Crippen molar-refractivity contribution in [3.05, 3.63) is 70.8 Å². The van der Waals surface area contributed by atoms with Gasteiger partial charge in [-0.25, -0.2) is 13.8 Å². The molecule has 24 heavy (non-hydrogen) atoms. The second-order valence-electron chi connectivity index (χ2n) is 5.69. The van der Waals surface area contributed by atoms with E-state index in [4.69, 9.17) is 6.42 Å². The molecule has 1 unspecified atom stereocenters. The number of hydrogen-bond donors (Lipinski definition) is 2. The molecule has 0 aliphatic carbocycles. The zero-order valence-electron chi connectivity index (χ0n) is 13.5. The van der Waals surface area contributed by atoms with Crippen LogP contribution in [0.1, 0.15) is 23.6 Å². The molecule has 0 aliphatic rings. The van der Waals surface area contributed by atoms with E-state index in [1.807, 2.05) is 24.3 Å². The van der Waals surface area contributed by atoms with E-state index in [1.54, 1.807) is 11.9 Å². The van der Waals surface area contributed by atoms with Crippen LogP contribution in [0, 0.1) is 24.0 Å². The Labute approximate surface area is 140 Å². The first-order valence-electron chi connectivity index (χ1n) is 7.63. The maximum Gasteiger partial charge on any atom is 0.126 e. The Bertz CT molecular complexity index is 705. The van der Waals surface area contributed by atoms with Crippen LogP contribution in [-0.2, 0) is 13.1 Å². The van der Waals surface area contributed by atoms with Gasteiger partial charge in [0.05, 0.1) is 6.10 Å². The molecule has 1 atom stereocenters. The molecule has 2 aromatic rings. The predicted molar refractivity (Wildman–Crippen MR) is 89.7 cm³/mol. The predicted octanol–water partition coefficient (Wildman–Crippen LogP) is 2.83. The molecule has 2 rings (SSSR count). The Kier molecular flexibility index (Phi) is 6.44. The van der Waals surface area contributed by atoms with E-state index in [1.165, 1.54) is 12.1 Å². The van der Waals surface area contributed by atoms with Gasteiger partial charge in [-0.1, -0.05) is 18.1 Å². The maximum atomic E-state index is 13.4. The summed E-state index contributed by atoms with van der Waals surface area (Å²) in [5, 5.41) is 11.3. The normalized spacial score (nSPS) is 12.2. The van der Waals surface area contributed by atoms with E-state index in [2.05, 4.69) is 11.3 Å². The molecule has 0 bridgehead atoms. The SMILES string of the molecule is C#Cc1cccc(CN(Cc2cc(F)cc(F)c2)NCC(C)O)c1. The fraction of sp³-hybridized carbons (Fsp3) is 0.263. The van der Waals surface area contributed by atoms with Gasteiger partial charge in [0.15, 0.2) is 0 Å². The highest BCUT2D eigenvalue weighted by Gasteiger charge is 2.10. The van der Waals surface area contributed by atoms with E-state index < -0.39 is 17.7 Å². The average molecular weight is 330 g/mol. The standard InChI is InChI=1S/C19H20F2N2O/c1-3-15-5-4-6-16(7-15)12-23(22-11-14(2)24)13-17-8-18(20)10-19(21)9-17/h1,4-10,14,22,24H,11-13H2,2H3. The number of hydrazine groups is 1. The molecule has 126 valence electrons. The zero-order chi connectivity index (χ0) is 17.5. The van der Waals surface area contributed by atoms with Gasteiger partial charge in [0.2, 0.25) is 0 Å². The van der Waals surface area contributed by atoms with Crippen LogP contribution in [0.25, 0.3) is 0 Å². The highest BCUT2D eigenvalue weighted by Crippen LogP contribution is 2.13. The van der Waals surface area contributed by atoms with Gasteiger partial charge in [-0.15, -0.1) is 6.42 Å². The smallest absolute Gasteiger partial charge is 0.126 e. The number of nitrogens with one attached hydrogen (secondary N) is 1. The lowest BCUT2D eigenvalue weighted by molar-refractivity contribution is 0.112. The zero-order valence-corrected chi connectivity index (χ0v) is 13.5. The van der Waals surface area contributed by atoms with E-state index in [9.17, 15) is 13.9 Å². The van der Waals surface area contributed by atoms with Crippen LogP contribution in [-0.4, -0.2) is 22.8 Å². The number of aliphatic hydroxyl groups excluding tert-OH is 1. The Balaban J connectivity index is 2.15. The molecule has 0 aromatic heterocycles. The van der Waals surface area contributed by atoms with Crippen molar-refractivity contribution in [3.63, 3.8) is 0 Å². The van der Waals surface area contributed by atoms with Gasteiger partial charge in [0.25, 0.3) is 0 Å².